The van der Waals surface area contributed by atoms with Crippen LogP contribution >= 0.6 is 11.8 Å². The van der Waals surface area contributed by atoms with Gasteiger partial charge in [-0.15, -0.1) is 0 Å². The molecule has 0 bridgehead atoms. The van der Waals surface area contributed by atoms with Gasteiger partial charge in [0.2, 0.25) is 0 Å². The fourth-order valence-corrected chi connectivity index (χ4v) is 3.32. The zero-order valence-electron chi connectivity index (χ0n) is 14.7. The van der Waals surface area contributed by atoms with Crippen LogP contribution in [0.4, 0.5) is 5.69 Å². The quantitative estimate of drug-likeness (QED) is 0.456. The summed E-state index contributed by atoms with van der Waals surface area (Å²) in [5.74, 6) is 1.44. The molecule has 26 heavy (non-hydrogen) atoms. The van der Waals surface area contributed by atoms with Gasteiger partial charge in [0.1, 0.15) is 0 Å². The molecule has 0 saturated heterocycles. The Kier molecular flexibility index (Phi) is 6.17. The molecule has 3 aromatic rings. The summed E-state index contributed by atoms with van der Waals surface area (Å²) in [4.78, 5) is 2.18. The van der Waals surface area contributed by atoms with E-state index in [4.69, 9.17) is 9.47 Å². The van der Waals surface area contributed by atoms with Gasteiger partial charge in [-0.05, 0) is 36.4 Å². The Hall–Kier alpha value is -2.92. The molecule has 0 saturated carbocycles. The molecule has 0 spiro atoms. The van der Waals surface area contributed by atoms with Crippen molar-refractivity contribution in [1.82, 2.24) is 0 Å². The van der Waals surface area contributed by atoms with Crippen LogP contribution in [0.15, 0.2) is 87.7 Å². The highest BCUT2D eigenvalue weighted by Gasteiger charge is 2.07. The first kappa shape index (κ1) is 17.9. The molecular weight excluding hydrogens is 344 g/mol. The molecule has 0 aliphatic rings. The van der Waals surface area contributed by atoms with Crippen molar-refractivity contribution >= 4 is 23.7 Å². The summed E-state index contributed by atoms with van der Waals surface area (Å²) in [6.45, 7) is 0. The Labute approximate surface area is 157 Å². The van der Waals surface area contributed by atoms with Gasteiger partial charge in [0, 0.05) is 15.4 Å². The third-order valence-electron chi connectivity index (χ3n) is 3.67. The Morgan fingerprint density at radius 1 is 0.846 bits per heavy atom. The second-order valence-corrected chi connectivity index (χ2v) is 6.51. The van der Waals surface area contributed by atoms with Crippen LogP contribution in [0.1, 0.15) is 5.56 Å². The van der Waals surface area contributed by atoms with E-state index in [9.17, 15) is 0 Å². The van der Waals surface area contributed by atoms with E-state index in [0.717, 1.165) is 32.5 Å². The minimum Gasteiger partial charge on any atom is -0.493 e. The number of para-hydroxylation sites is 1. The highest BCUT2D eigenvalue weighted by atomic mass is 32.2. The number of nitrogens with one attached hydrogen (secondary N) is 1. The molecule has 0 radical (unpaired) electrons. The molecule has 0 aromatic heterocycles. The van der Waals surface area contributed by atoms with E-state index in [-0.39, 0.29) is 0 Å². The molecular formula is C21H20N2O2S. The van der Waals surface area contributed by atoms with E-state index in [1.165, 1.54) is 0 Å². The Balaban J connectivity index is 1.77. The maximum absolute atomic E-state index is 5.38. The van der Waals surface area contributed by atoms with Gasteiger partial charge in [-0.2, -0.15) is 5.10 Å². The second kappa shape index (κ2) is 8.97. The van der Waals surface area contributed by atoms with Crippen LogP contribution < -0.4 is 14.9 Å². The van der Waals surface area contributed by atoms with Crippen LogP contribution in [0.25, 0.3) is 0 Å². The third-order valence-corrected chi connectivity index (χ3v) is 4.75. The standard InChI is InChI=1S/C21H20N2O2S/c1-24-19-13-12-18(14-20(19)25-2)26-21-11-7-6-8-16(21)15-22-23-17-9-4-3-5-10-17/h3-15,23H,1-2H3. The molecule has 0 unspecified atom stereocenters. The molecule has 132 valence electrons. The zero-order valence-corrected chi connectivity index (χ0v) is 15.5. The van der Waals surface area contributed by atoms with Crippen LogP contribution in [-0.2, 0) is 0 Å². The summed E-state index contributed by atoms with van der Waals surface area (Å²) < 4.78 is 10.7. The Morgan fingerprint density at radius 3 is 2.35 bits per heavy atom. The monoisotopic (exact) mass is 364 g/mol. The smallest absolute Gasteiger partial charge is 0.161 e. The van der Waals surface area contributed by atoms with Crippen LogP contribution in [0, 0.1) is 0 Å². The predicted molar refractivity (Wildman–Crippen MR) is 108 cm³/mol. The average Bonchev–Trinajstić information content (AvgIpc) is 2.70. The van der Waals surface area contributed by atoms with Crippen molar-refractivity contribution < 1.29 is 9.47 Å². The highest BCUT2D eigenvalue weighted by molar-refractivity contribution is 7.99. The van der Waals surface area contributed by atoms with Crippen LogP contribution in [0.3, 0.4) is 0 Å². The number of hydrogen-bond donors (Lipinski definition) is 1. The van der Waals surface area contributed by atoms with Crippen molar-refractivity contribution in [2.75, 3.05) is 19.6 Å². The normalized spacial score (nSPS) is 10.7. The molecule has 1 N–H and O–H groups in total. The third kappa shape index (κ3) is 4.58. The molecule has 0 aliphatic carbocycles. The first-order chi connectivity index (χ1) is 12.8. The molecule has 3 aromatic carbocycles. The molecule has 0 fully saturated rings. The molecule has 0 aliphatic heterocycles. The number of hydrogen-bond acceptors (Lipinski definition) is 5. The van der Waals surface area contributed by atoms with Crippen molar-refractivity contribution in [3.63, 3.8) is 0 Å². The van der Waals surface area contributed by atoms with Gasteiger partial charge in [0.15, 0.2) is 11.5 Å². The maximum atomic E-state index is 5.38. The molecule has 0 amide bonds. The lowest BCUT2D eigenvalue weighted by Gasteiger charge is -2.10. The van der Waals surface area contributed by atoms with Gasteiger partial charge >= 0.3 is 0 Å². The largest absolute Gasteiger partial charge is 0.493 e. The van der Waals surface area contributed by atoms with Crippen molar-refractivity contribution in [3.05, 3.63) is 78.4 Å². The van der Waals surface area contributed by atoms with Crippen molar-refractivity contribution in [2.45, 2.75) is 9.79 Å². The van der Waals surface area contributed by atoms with Crippen molar-refractivity contribution in [2.24, 2.45) is 5.10 Å². The van der Waals surface area contributed by atoms with Crippen LogP contribution in [-0.4, -0.2) is 20.4 Å². The van der Waals surface area contributed by atoms with Crippen molar-refractivity contribution in [1.29, 1.82) is 0 Å². The predicted octanol–water partition coefficient (Wildman–Crippen LogP) is 5.30. The van der Waals surface area contributed by atoms with E-state index in [1.54, 1.807) is 26.0 Å². The number of ether oxygens (including phenoxy) is 2. The van der Waals surface area contributed by atoms with Gasteiger partial charge in [-0.3, -0.25) is 5.43 Å². The van der Waals surface area contributed by atoms with E-state index < -0.39 is 0 Å². The van der Waals surface area contributed by atoms with Gasteiger partial charge in [0.05, 0.1) is 26.1 Å². The SMILES string of the molecule is COc1ccc(Sc2ccccc2C=NNc2ccccc2)cc1OC. The topological polar surface area (TPSA) is 42.8 Å². The number of hydrazone groups is 1. The van der Waals surface area contributed by atoms with Crippen molar-refractivity contribution in [3.8, 4) is 11.5 Å². The van der Waals surface area contributed by atoms with Gasteiger partial charge in [-0.25, -0.2) is 0 Å². The fraction of sp³-hybridized carbons (Fsp3) is 0.0952. The van der Waals surface area contributed by atoms with Gasteiger partial charge in [-0.1, -0.05) is 48.2 Å². The number of anilines is 1. The summed E-state index contributed by atoms with van der Waals surface area (Å²) in [6.07, 6.45) is 1.83. The fourth-order valence-electron chi connectivity index (χ4n) is 2.38. The lowest BCUT2D eigenvalue weighted by atomic mass is 10.2. The van der Waals surface area contributed by atoms with E-state index in [2.05, 4.69) is 16.6 Å². The lowest BCUT2D eigenvalue weighted by molar-refractivity contribution is 0.354. The lowest BCUT2D eigenvalue weighted by Crippen LogP contribution is -1.92. The number of nitrogens with zero attached hydrogens (tertiary/aromatic N) is 1. The maximum Gasteiger partial charge on any atom is 0.161 e. The highest BCUT2D eigenvalue weighted by Crippen LogP contribution is 2.36. The van der Waals surface area contributed by atoms with E-state index in [0.29, 0.717) is 0 Å². The Morgan fingerprint density at radius 2 is 1.58 bits per heavy atom. The summed E-state index contributed by atoms with van der Waals surface area (Å²) in [5.41, 5.74) is 5.03. The van der Waals surface area contributed by atoms with E-state index in [1.807, 2.05) is 72.9 Å². The van der Waals surface area contributed by atoms with Crippen LogP contribution in [0.5, 0.6) is 11.5 Å². The summed E-state index contributed by atoms with van der Waals surface area (Å²) in [5, 5.41) is 4.34. The number of benzene rings is 3. The molecule has 0 heterocycles. The summed E-state index contributed by atoms with van der Waals surface area (Å²) in [6, 6.07) is 23.9. The average molecular weight is 364 g/mol. The summed E-state index contributed by atoms with van der Waals surface area (Å²) in [7, 11) is 3.28. The molecule has 5 heteroatoms. The zero-order chi connectivity index (χ0) is 18.2. The van der Waals surface area contributed by atoms with Gasteiger partial charge < -0.3 is 9.47 Å². The number of methoxy groups -OCH3 is 2. The minimum absolute atomic E-state index is 0.717. The first-order valence-electron chi connectivity index (χ1n) is 8.13. The first-order valence-corrected chi connectivity index (χ1v) is 8.95. The van der Waals surface area contributed by atoms with Gasteiger partial charge in [0.25, 0.3) is 0 Å². The van der Waals surface area contributed by atoms with Crippen LogP contribution in [0.2, 0.25) is 0 Å². The van der Waals surface area contributed by atoms with E-state index >= 15 is 0 Å². The molecule has 0 atom stereocenters. The molecule has 4 nitrogen and oxygen atoms in total. The summed E-state index contributed by atoms with van der Waals surface area (Å²) >= 11 is 1.65. The number of rotatable bonds is 7. The second-order valence-electron chi connectivity index (χ2n) is 5.39. The Bertz CT molecular complexity index is 882. The minimum atomic E-state index is 0.717. The molecule has 3 rings (SSSR count).